The molecule has 3 atom stereocenters. The monoisotopic (exact) mass is 444 g/mol. The van der Waals surface area contributed by atoms with E-state index < -0.39 is 22.0 Å². The van der Waals surface area contributed by atoms with Crippen LogP contribution in [0.5, 0.6) is 0 Å². The lowest BCUT2D eigenvalue weighted by Gasteiger charge is -2.34. The average molecular weight is 445 g/mol. The normalized spacial score (nSPS) is 26.0. The topological polar surface area (TPSA) is 168 Å². The van der Waals surface area contributed by atoms with Gasteiger partial charge in [-0.15, -0.1) is 0 Å². The Morgan fingerprint density at radius 3 is 2.37 bits per heavy atom. The second kappa shape index (κ2) is 10.5. The lowest BCUT2D eigenvalue weighted by molar-refractivity contribution is -0.128. The first kappa shape index (κ1) is 23.8. The van der Waals surface area contributed by atoms with Gasteiger partial charge < -0.3 is 20.8 Å². The van der Waals surface area contributed by atoms with Crippen LogP contribution >= 0.6 is 0 Å². The number of rotatable bonds is 4. The van der Waals surface area contributed by atoms with Gasteiger partial charge in [0.15, 0.2) is 0 Å². The van der Waals surface area contributed by atoms with Gasteiger partial charge in [-0.05, 0) is 38.2 Å². The van der Waals surface area contributed by atoms with Crippen molar-refractivity contribution in [2.24, 2.45) is 13.0 Å². The summed E-state index contributed by atoms with van der Waals surface area (Å²) in [5.41, 5.74) is 0.411. The molecular weight excluding hydrogens is 416 g/mol. The minimum Gasteiger partial charge on any atom is -0.483 e. The van der Waals surface area contributed by atoms with Crippen molar-refractivity contribution < 1.29 is 33.0 Å². The first-order chi connectivity index (χ1) is 14.2. The van der Waals surface area contributed by atoms with Crippen LogP contribution in [0.25, 0.3) is 0 Å². The number of carboxylic acid groups (broad SMARTS) is 1. The lowest BCUT2D eigenvalue weighted by atomic mass is 9.83. The second-order valence-electron chi connectivity index (χ2n) is 7.54. The van der Waals surface area contributed by atoms with Gasteiger partial charge >= 0.3 is 0 Å². The third kappa shape index (κ3) is 6.52. The zero-order chi connectivity index (χ0) is 22.3. The van der Waals surface area contributed by atoms with Gasteiger partial charge in [0.25, 0.3) is 12.4 Å². The summed E-state index contributed by atoms with van der Waals surface area (Å²) in [5.74, 6) is -0.565. The van der Waals surface area contributed by atoms with E-state index in [1.54, 1.807) is 13.1 Å². The molecular formula is C18H28N4O7S. The summed E-state index contributed by atoms with van der Waals surface area (Å²) < 4.78 is 24.4. The maximum atomic E-state index is 12.5. The number of nitrogens with zero attached hydrogens (tertiary/aromatic N) is 2. The number of carbonyl (C=O) groups excluding carboxylic acids is 2. The largest absolute Gasteiger partial charge is 0.483 e. The minimum absolute atomic E-state index is 0.105. The summed E-state index contributed by atoms with van der Waals surface area (Å²) in [6.07, 6.45) is 2.93. The Morgan fingerprint density at radius 1 is 1.20 bits per heavy atom. The summed E-state index contributed by atoms with van der Waals surface area (Å²) in [7, 11) is -1.29. The number of aromatic nitrogens is 2. The Kier molecular flexibility index (Phi) is 8.35. The average Bonchev–Trinajstić information content (AvgIpc) is 3.11. The van der Waals surface area contributed by atoms with E-state index in [1.807, 2.05) is 0 Å². The molecule has 1 aliphatic heterocycles. The van der Waals surface area contributed by atoms with E-state index in [9.17, 15) is 23.1 Å². The fraction of sp³-hybridized carbons (Fsp3) is 0.667. The van der Waals surface area contributed by atoms with Crippen LogP contribution < -0.4 is 10.6 Å². The molecule has 0 spiro atoms. The second-order valence-corrected chi connectivity index (χ2v) is 9.84. The number of sulfone groups is 1. The van der Waals surface area contributed by atoms with Crippen LogP contribution in [0.15, 0.2) is 12.3 Å². The Labute approximate surface area is 174 Å². The number of carbonyl (C=O) groups is 3. The Hall–Kier alpha value is -2.47. The Morgan fingerprint density at radius 2 is 1.83 bits per heavy atom. The van der Waals surface area contributed by atoms with E-state index in [-0.39, 0.29) is 48.2 Å². The van der Waals surface area contributed by atoms with Crippen LogP contribution in [0.1, 0.15) is 42.6 Å². The molecule has 1 aromatic heterocycles. The Balaban J connectivity index is 0.00000101. The molecule has 0 bridgehead atoms. The van der Waals surface area contributed by atoms with Crippen molar-refractivity contribution in [1.29, 1.82) is 0 Å². The minimum atomic E-state index is -2.96. The fourth-order valence-electron chi connectivity index (χ4n) is 3.75. The number of aryl methyl sites for hydroxylation is 1. The predicted molar refractivity (Wildman–Crippen MR) is 106 cm³/mol. The highest BCUT2D eigenvalue weighted by Crippen LogP contribution is 2.26. The van der Waals surface area contributed by atoms with Crippen LogP contribution in [0.3, 0.4) is 0 Å². The molecule has 3 rings (SSSR count). The molecule has 1 saturated carbocycles. The van der Waals surface area contributed by atoms with E-state index in [1.165, 1.54) is 10.9 Å². The van der Waals surface area contributed by atoms with Gasteiger partial charge in [-0.1, -0.05) is 0 Å². The summed E-state index contributed by atoms with van der Waals surface area (Å²) in [4.78, 5) is 33.1. The molecule has 1 saturated heterocycles. The molecule has 1 aliphatic carbocycles. The molecule has 0 radical (unpaired) electrons. The van der Waals surface area contributed by atoms with E-state index in [4.69, 9.17) is 9.90 Å². The molecule has 2 amide bonds. The van der Waals surface area contributed by atoms with Crippen molar-refractivity contribution in [3.8, 4) is 0 Å². The third-order valence-electron chi connectivity index (χ3n) is 5.46. The zero-order valence-electron chi connectivity index (χ0n) is 16.7. The maximum absolute atomic E-state index is 12.5. The van der Waals surface area contributed by atoms with Crippen LogP contribution in [-0.4, -0.2) is 76.4 Å². The highest BCUT2D eigenvalue weighted by molar-refractivity contribution is 7.91. The van der Waals surface area contributed by atoms with Crippen LogP contribution in [0.4, 0.5) is 0 Å². The first-order valence-corrected chi connectivity index (χ1v) is 11.5. The van der Waals surface area contributed by atoms with E-state index in [0.717, 1.165) is 0 Å². The van der Waals surface area contributed by atoms with Gasteiger partial charge in [0.2, 0.25) is 5.91 Å². The molecule has 2 aliphatic rings. The van der Waals surface area contributed by atoms with Crippen molar-refractivity contribution >= 4 is 28.1 Å². The molecule has 168 valence electrons. The fourth-order valence-corrected chi connectivity index (χ4v) is 5.24. The molecule has 0 unspecified atom stereocenters. The molecule has 2 fully saturated rings. The number of amides is 2. The van der Waals surface area contributed by atoms with Gasteiger partial charge in [-0.25, -0.2) is 8.42 Å². The van der Waals surface area contributed by atoms with E-state index >= 15 is 0 Å². The van der Waals surface area contributed by atoms with Crippen LogP contribution in [0.2, 0.25) is 0 Å². The van der Waals surface area contributed by atoms with Gasteiger partial charge in [-0.2, -0.15) is 5.10 Å². The highest BCUT2D eigenvalue weighted by Gasteiger charge is 2.35. The van der Waals surface area contributed by atoms with Crippen molar-refractivity contribution in [2.45, 2.75) is 50.3 Å². The smallest absolute Gasteiger partial charge is 0.290 e. The van der Waals surface area contributed by atoms with Gasteiger partial charge in [0.05, 0.1) is 23.7 Å². The first-order valence-electron chi connectivity index (χ1n) is 9.72. The quantitative estimate of drug-likeness (QED) is 0.432. The lowest BCUT2D eigenvalue weighted by Crippen LogP contribution is -2.50. The molecule has 2 heterocycles. The SMILES string of the molecule is Cn1nccc1C(=O)N[C@H]1CC[C@H](C(=O)NC2CCS(=O)(=O)CC2)C[C@@H]1O.O=CO. The molecule has 30 heavy (non-hydrogen) atoms. The number of aliphatic hydroxyl groups excluding tert-OH is 1. The third-order valence-corrected chi connectivity index (χ3v) is 7.17. The van der Waals surface area contributed by atoms with Gasteiger partial charge in [0, 0.05) is 25.2 Å². The molecule has 12 heteroatoms. The predicted octanol–water partition coefficient (Wildman–Crippen LogP) is -0.926. The van der Waals surface area contributed by atoms with Crippen LogP contribution in [0, 0.1) is 5.92 Å². The zero-order valence-corrected chi connectivity index (χ0v) is 17.5. The van der Waals surface area contributed by atoms with Crippen LogP contribution in [-0.2, 0) is 26.5 Å². The number of hydrogen-bond donors (Lipinski definition) is 4. The van der Waals surface area contributed by atoms with Crippen molar-refractivity contribution in [3.05, 3.63) is 18.0 Å². The summed E-state index contributed by atoms with van der Waals surface area (Å²) in [6, 6.07) is 1.07. The number of nitrogens with one attached hydrogen (secondary N) is 2. The standard InChI is InChI=1S/C17H26N4O5S.CH2O2/c1-21-14(4-7-18-21)17(24)20-13-3-2-11(10-15(13)22)16(23)19-12-5-8-27(25,26)9-6-12;2-1-3/h4,7,11-13,15,22H,2-3,5-6,8-10H2,1H3,(H,19,23)(H,20,24);1H,(H,2,3)/t11-,13-,15-;/m0./s1. The summed E-state index contributed by atoms with van der Waals surface area (Å²) in [5, 5.41) is 27.0. The summed E-state index contributed by atoms with van der Waals surface area (Å²) in [6.45, 7) is -0.250. The van der Waals surface area contributed by atoms with Crippen molar-refractivity contribution in [1.82, 2.24) is 20.4 Å². The summed E-state index contributed by atoms with van der Waals surface area (Å²) >= 11 is 0. The van der Waals surface area contributed by atoms with E-state index in [0.29, 0.717) is 31.4 Å². The number of aliphatic hydroxyl groups is 1. The van der Waals surface area contributed by atoms with Gasteiger partial charge in [0.1, 0.15) is 15.5 Å². The van der Waals surface area contributed by atoms with Crippen molar-refractivity contribution in [3.63, 3.8) is 0 Å². The Bertz CT molecular complexity index is 840. The van der Waals surface area contributed by atoms with Gasteiger partial charge in [-0.3, -0.25) is 19.1 Å². The molecule has 1 aromatic rings. The highest BCUT2D eigenvalue weighted by atomic mass is 32.2. The number of hydrogen-bond acceptors (Lipinski definition) is 7. The maximum Gasteiger partial charge on any atom is 0.290 e. The van der Waals surface area contributed by atoms with Crippen molar-refractivity contribution in [2.75, 3.05) is 11.5 Å². The molecule has 4 N–H and O–H groups in total. The van der Waals surface area contributed by atoms with E-state index in [2.05, 4.69) is 15.7 Å². The molecule has 11 nitrogen and oxygen atoms in total. The molecule has 0 aromatic carbocycles.